The Morgan fingerprint density at radius 2 is 1.74 bits per heavy atom. The number of rotatable bonds is 11. The molecule has 0 saturated carbocycles. The first-order chi connectivity index (χ1) is 14.8. The summed E-state index contributed by atoms with van der Waals surface area (Å²) in [6.07, 6.45) is 0.851. The van der Waals surface area contributed by atoms with Gasteiger partial charge in [-0.05, 0) is 49.9 Å². The van der Waals surface area contributed by atoms with E-state index in [0.717, 1.165) is 11.3 Å². The number of nitrogens with zero attached hydrogens (tertiary/aromatic N) is 1. The number of amides is 2. The molecule has 0 aromatic heterocycles. The molecule has 31 heavy (non-hydrogen) atoms. The standard InChI is InChI=1S/C25H33ClN2O3/c1-18(2)16-27-25(30)20(4)28(17-21-8-5-6-9-23(21)26)24(29)10-7-15-31-22-13-11-19(3)12-14-22/h5-6,8-9,11-14,18,20H,7,10,15-17H2,1-4H3,(H,27,30)/t20-/m0/s1. The van der Waals surface area contributed by atoms with E-state index in [0.29, 0.717) is 30.5 Å². The maximum absolute atomic E-state index is 13.0. The lowest BCUT2D eigenvalue weighted by Crippen LogP contribution is -2.48. The monoisotopic (exact) mass is 444 g/mol. The van der Waals surface area contributed by atoms with Crippen LogP contribution in [0.5, 0.6) is 5.75 Å². The van der Waals surface area contributed by atoms with E-state index in [1.165, 1.54) is 5.56 Å². The molecule has 2 rings (SSSR count). The Labute approximate surface area is 190 Å². The van der Waals surface area contributed by atoms with Crippen LogP contribution in [0.25, 0.3) is 0 Å². The fourth-order valence-corrected chi connectivity index (χ4v) is 3.23. The molecule has 0 unspecified atom stereocenters. The SMILES string of the molecule is Cc1ccc(OCCCC(=O)N(Cc2ccccc2Cl)[C@@H](C)C(=O)NCC(C)C)cc1. The molecule has 0 bridgehead atoms. The van der Waals surface area contributed by atoms with Crippen molar-refractivity contribution in [3.05, 3.63) is 64.7 Å². The minimum atomic E-state index is -0.597. The van der Waals surface area contributed by atoms with E-state index < -0.39 is 6.04 Å². The molecule has 0 aliphatic heterocycles. The Kier molecular flexibility index (Phi) is 9.86. The average molecular weight is 445 g/mol. The van der Waals surface area contributed by atoms with Crippen LogP contribution in [-0.2, 0) is 16.1 Å². The molecular weight excluding hydrogens is 412 g/mol. The van der Waals surface area contributed by atoms with E-state index in [-0.39, 0.29) is 24.8 Å². The van der Waals surface area contributed by atoms with Crippen LogP contribution in [-0.4, -0.2) is 35.9 Å². The van der Waals surface area contributed by atoms with Gasteiger partial charge >= 0.3 is 0 Å². The molecule has 0 fully saturated rings. The van der Waals surface area contributed by atoms with E-state index in [2.05, 4.69) is 5.32 Å². The zero-order chi connectivity index (χ0) is 22.8. The number of carbonyl (C=O) groups is 2. The number of benzene rings is 2. The molecule has 0 spiro atoms. The minimum absolute atomic E-state index is 0.0976. The predicted octanol–water partition coefficient (Wildman–Crippen LogP) is 5.00. The van der Waals surface area contributed by atoms with Crippen molar-refractivity contribution in [2.45, 2.75) is 53.1 Å². The van der Waals surface area contributed by atoms with Gasteiger partial charge in [-0.1, -0.05) is 61.3 Å². The zero-order valence-electron chi connectivity index (χ0n) is 18.9. The molecule has 168 valence electrons. The molecule has 0 aliphatic carbocycles. The number of nitrogens with one attached hydrogen (secondary N) is 1. The van der Waals surface area contributed by atoms with Gasteiger partial charge in [-0.15, -0.1) is 0 Å². The van der Waals surface area contributed by atoms with Gasteiger partial charge in [0.2, 0.25) is 11.8 Å². The van der Waals surface area contributed by atoms with Crippen LogP contribution in [0.15, 0.2) is 48.5 Å². The van der Waals surface area contributed by atoms with Crippen molar-refractivity contribution in [2.24, 2.45) is 5.92 Å². The molecule has 0 radical (unpaired) electrons. The first kappa shape index (κ1) is 24.7. The third kappa shape index (κ3) is 8.25. The Morgan fingerprint density at radius 3 is 2.39 bits per heavy atom. The van der Waals surface area contributed by atoms with Crippen LogP contribution in [0.3, 0.4) is 0 Å². The first-order valence-corrected chi connectivity index (χ1v) is 11.2. The van der Waals surface area contributed by atoms with Gasteiger partial charge in [-0.25, -0.2) is 0 Å². The van der Waals surface area contributed by atoms with Crippen molar-refractivity contribution in [1.29, 1.82) is 0 Å². The van der Waals surface area contributed by atoms with E-state index in [1.807, 2.05) is 63.2 Å². The van der Waals surface area contributed by atoms with E-state index >= 15 is 0 Å². The van der Waals surface area contributed by atoms with Gasteiger partial charge < -0.3 is 15.0 Å². The number of hydrogen-bond acceptors (Lipinski definition) is 3. The van der Waals surface area contributed by atoms with Gasteiger partial charge in [0.1, 0.15) is 11.8 Å². The number of carbonyl (C=O) groups excluding carboxylic acids is 2. The maximum atomic E-state index is 13.0. The fraction of sp³-hybridized carbons (Fsp3) is 0.440. The molecule has 0 saturated heterocycles. The lowest BCUT2D eigenvalue weighted by Gasteiger charge is -2.29. The molecular formula is C25H33ClN2O3. The van der Waals surface area contributed by atoms with Crippen LogP contribution in [0.4, 0.5) is 0 Å². The molecule has 1 atom stereocenters. The average Bonchev–Trinajstić information content (AvgIpc) is 2.75. The van der Waals surface area contributed by atoms with Crippen molar-refractivity contribution >= 4 is 23.4 Å². The summed E-state index contributed by atoms with van der Waals surface area (Å²) in [6, 6.07) is 14.6. The van der Waals surface area contributed by atoms with Crippen molar-refractivity contribution in [3.63, 3.8) is 0 Å². The van der Waals surface area contributed by atoms with Crippen LogP contribution in [0, 0.1) is 12.8 Å². The Morgan fingerprint density at radius 1 is 1.06 bits per heavy atom. The van der Waals surface area contributed by atoms with Gasteiger partial charge in [-0.3, -0.25) is 9.59 Å². The summed E-state index contributed by atoms with van der Waals surface area (Å²) in [6.45, 7) is 9.14. The highest BCUT2D eigenvalue weighted by atomic mass is 35.5. The minimum Gasteiger partial charge on any atom is -0.494 e. The highest BCUT2D eigenvalue weighted by Crippen LogP contribution is 2.20. The normalized spacial score (nSPS) is 11.8. The van der Waals surface area contributed by atoms with Gasteiger partial charge in [-0.2, -0.15) is 0 Å². The van der Waals surface area contributed by atoms with Gasteiger partial charge in [0, 0.05) is 24.5 Å². The highest BCUT2D eigenvalue weighted by Gasteiger charge is 2.26. The Balaban J connectivity index is 2.00. The van der Waals surface area contributed by atoms with Crippen molar-refractivity contribution in [1.82, 2.24) is 10.2 Å². The summed E-state index contributed by atoms with van der Waals surface area (Å²) >= 11 is 6.31. The van der Waals surface area contributed by atoms with Crippen molar-refractivity contribution in [3.8, 4) is 5.75 Å². The number of aryl methyl sites for hydroxylation is 1. The molecule has 6 heteroatoms. The summed E-state index contributed by atoms with van der Waals surface area (Å²) in [5.41, 5.74) is 1.99. The number of hydrogen-bond donors (Lipinski definition) is 1. The second-order valence-corrected chi connectivity index (χ2v) is 8.60. The van der Waals surface area contributed by atoms with Gasteiger partial charge in [0.05, 0.1) is 6.61 Å². The number of ether oxygens (including phenoxy) is 1. The smallest absolute Gasteiger partial charge is 0.242 e. The lowest BCUT2D eigenvalue weighted by molar-refractivity contribution is -0.140. The summed E-state index contributed by atoms with van der Waals surface area (Å²) < 4.78 is 5.73. The maximum Gasteiger partial charge on any atom is 0.242 e. The van der Waals surface area contributed by atoms with Gasteiger partial charge in [0.15, 0.2) is 0 Å². The van der Waals surface area contributed by atoms with Crippen LogP contribution < -0.4 is 10.1 Å². The first-order valence-electron chi connectivity index (χ1n) is 10.8. The second kappa shape index (κ2) is 12.4. The molecule has 1 N–H and O–H groups in total. The highest BCUT2D eigenvalue weighted by molar-refractivity contribution is 6.31. The fourth-order valence-electron chi connectivity index (χ4n) is 3.04. The van der Waals surface area contributed by atoms with Crippen molar-refractivity contribution < 1.29 is 14.3 Å². The summed E-state index contributed by atoms with van der Waals surface area (Å²) in [5, 5.41) is 3.50. The zero-order valence-corrected chi connectivity index (χ0v) is 19.6. The third-order valence-electron chi connectivity index (χ3n) is 4.98. The molecule has 2 aromatic rings. The Hall–Kier alpha value is -2.53. The van der Waals surface area contributed by atoms with E-state index in [1.54, 1.807) is 17.9 Å². The summed E-state index contributed by atoms with van der Waals surface area (Å²) in [4.78, 5) is 27.3. The van der Waals surface area contributed by atoms with Crippen LogP contribution >= 0.6 is 11.6 Å². The van der Waals surface area contributed by atoms with Crippen molar-refractivity contribution in [2.75, 3.05) is 13.2 Å². The lowest BCUT2D eigenvalue weighted by atomic mass is 10.1. The summed E-state index contributed by atoms with van der Waals surface area (Å²) in [7, 11) is 0. The number of halogens is 1. The largest absolute Gasteiger partial charge is 0.494 e. The van der Waals surface area contributed by atoms with E-state index in [4.69, 9.17) is 16.3 Å². The molecule has 2 aromatic carbocycles. The molecule has 0 heterocycles. The van der Waals surface area contributed by atoms with Crippen LogP contribution in [0.1, 0.15) is 44.7 Å². The van der Waals surface area contributed by atoms with E-state index in [9.17, 15) is 9.59 Å². The molecule has 2 amide bonds. The predicted molar refractivity (Wildman–Crippen MR) is 125 cm³/mol. The quantitative estimate of drug-likeness (QED) is 0.496. The van der Waals surface area contributed by atoms with Crippen LogP contribution in [0.2, 0.25) is 5.02 Å². The topological polar surface area (TPSA) is 58.6 Å². The second-order valence-electron chi connectivity index (χ2n) is 8.19. The summed E-state index contributed by atoms with van der Waals surface area (Å²) in [5.74, 6) is 0.861. The third-order valence-corrected chi connectivity index (χ3v) is 5.34. The van der Waals surface area contributed by atoms with Gasteiger partial charge in [0.25, 0.3) is 0 Å². The Bertz CT molecular complexity index is 852. The molecule has 5 nitrogen and oxygen atoms in total. The molecule has 0 aliphatic rings.